The molecule has 0 radical (unpaired) electrons. The van der Waals surface area contributed by atoms with Crippen LogP contribution in [0.3, 0.4) is 0 Å². The molecular weight excluding hydrogens is 184 g/mol. The molecule has 1 atom stereocenters. The van der Waals surface area contributed by atoms with Gasteiger partial charge in [0.25, 0.3) is 0 Å². The number of hydrogen-bond donors (Lipinski definition) is 1. The van der Waals surface area contributed by atoms with Gasteiger partial charge in [-0.1, -0.05) is 20.8 Å². The summed E-state index contributed by atoms with van der Waals surface area (Å²) >= 11 is 0. The zero-order valence-electron chi connectivity index (χ0n) is 10.5. The van der Waals surface area contributed by atoms with Gasteiger partial charge in [-0.15, -0.1) is 0 Å². The normalized spacial score (nSPS) is 13.4. The second-order valence-corrected chi connectivity index (χ2v) is 4.43. The van der Waals surface area contributed by atoms with Crippen LogP contribution in [-0.2, 0) is 13.1 Å². The third kappa shape index (κ3) is 3.38. The fourth-order valence-corrected chi connectivity index (χ4v) is 2.01. The summed E-state index contributed by atoms with van der Waals surface area (Å²) in [5.74, 6) is 0.708. The van der Waals surface area contributed by atoms with Crippen LogP contribution in [-0.4, -0.2) is 10.6 Å². The van der Waals surface area contributed by atoms with E-state index in [0.29, 0.717) is 12.0 Å². The van der Waals surface area contributed by atoms with E-state index in [0.717, 1.165) is 13.1 Å². The highest BCUT2D eigenvalue weighted by molar-refractivity contribution is 5.06. The summed E-state index contributed by atoms with van der Waals surface area (Å²) in [6, 6.07) is 4.95. The Morgan fingerprint density at radius 3 is 2.60 bits per heavy atom. The van der Waals surface area contributed by atoms with Gasteiger partial charge < -0.3 is 9.88 Å². The maximum absolute atomic E-state index is 3.63. The Balaban J connectivity index is 2.48. The Kier molecular flexibility index (Phi) is 4.89. The van der Waals surface area contributed by atoms with Crippen LogP contribution < -0.4 is 5.32 Å². The SMILES string of the molecule is CCC(NCc1cccn1CC)C(C)C. The van der Waals surface area contributed by atoms with Crippen molar-refractivity contribution in [1.29, 1.82) is 0 Å². The zero-order valence-corrected chi connectivity index (χ0v) is 10.5. The summed E-state index contributed by atoms with van der Waals surface area (Å²) in [6.45, 7) is 11.0. The lowest BCUT2D eigenvalue weighted by atomic mass is 10.0. The molecule has 0 aliphatic heterocycles. The van der Waals surface area contributed by atoms with Crippen molar-refractivity contribution in [3.63, 3.8) is 0 Å². The van der Waals surface area contributed by atoms with Crippen LogP contribution in [0.5, 0.6) is 0 Å². The number of hydrogen-bond acceptors (Lipinski definition) is 1. The first kappa shape index (κ1) is 12.3. The molecule has 1 rings (SSSR count). The molecular formula is C13H24N2. The largest absolute Gasteiger partial charge is 0.351 e. The van der Waals surface area contributed by atoms with Crippen LogP contribution in [0.25, 0.3) is 0 Å². The summed E-state index contributed by atoms with van der Waals surface area (Å²) in [7, 11) is 0. The summed E-state index contributed by atoms with van der Waals surface area (Å²) in [6.07, 6.45) is 3.35. The molecule has 0 amide bonds. The van der Waals surface area contributed by atoms with Gasteiger partial charge in [0, 0.05) is 31.0 Å². The monoisotopic (exact) mass is 208 g/mol. The Bertz CT molecular complexity index is 276. The number of nitrogens with zero attached hydrogens (tertiary/aromatic N) is 1. The molecule has 1 aromatic rings. The van der Waals surface area contributed by atoms with Gasteiger partial charge in [0.1, 0.15) is 0 Å². The fraction of sp³-hybridized carbons (Fsp3) is 0.692. The van der Waals surface area contributed by atoms with Crippen molar-refractivity contribution < 1.29 is 0 Å². The van der Waals surface area contributed by atoms with Gasteiger partial charge in [-0.25, -0.2) is 0 Å². The van der Waals surface area contributed by atoms with Gasteiger partial charge in [-0.3, -0.25) is 0 Å². The molecule has 86 valence electrons. The topological polar surface area (TPSA) is 17.0 Å². The molecule has 15 heavy (non-hydrogen) atoms. The number of rotatable bonds is 6. The summed E-state index contributed by atoms with van der Waals surface area (Å²) < 4.78 is 2.29. The first-order valence-electron chi connectivity index (χ1n) is 6.06. The maximum atomic E-state index is 3.63. The highest BCUT2D eigenvalue weighted by Crippen LogP contribution is 2.08. The quantitative estimate of drug-likeness (QED) is 0.760. The van der Waals surface area contributed by atoms with E-state index in [4.69, 9.17) is 0 Å². The third-order valence-corrected chi connectivity index (χ3v) is 3.05. The minimum Gasteiger partial charge on any atom is -0.351 e. The predicted molar refractivity (Wildman–Crippen MR) is 65.9 cm³/mol. The Morgan fingerprint density at radius 1 is 1.33 bits per heavy atom. The first-order valence-corrected chi connectivity index (χ1v) is 6.06. The van der Waals surface area contributed by atoms with E-state index in [2.05, 4.69) is 55.9 Å². The highest BCUT2D eigenvalue weighted by atomic mass is 15.0. The molecule has 0 fully saturated rings. The lowest BCUT2D eigenvalue weighted by Gasteiger charge is -2.21. The number of nitrogens with one attached hydrogen (secondary N) is 1. The van der Waals surface area contributed by atoms with Crippen molar-refractivity contribution >= 4 is 0 Å². The molecule has 1 heterocycles. The van der Waals surface area contributed by atoms with Crippen LogP contribution in [0.1, 0.15) is 39.8 Å². The Hall–Kier alpha value is -0.760. The van der Waals surface area contributed by atoms with Crippen LogP contribution in [0.4, 0.5) is 0 Å². The van der Waals surface area contributed by atoms with E-state index in [-0.39, 0.29) is 0 Å². The van der Waals surface area contributed by atoms with Crippen molar-refractivity contribution in [2.75, 3.05) is 0 Å². The summed E-state index contributed by atoms with van der Waals surface area (Å²) in [5.41, 5.74) is 1.39. The molecule has 0 spiro atoms. The molecule has 0 aromatic carbocycles. The maximum Gasteiger partial charge on any atom is 0.0361 e. The molecule has 2 heteroatoms. The molecule has 0 bridgehead atoms. The number of aryl methyl sites for hydroxylation is 1. The first-order chi connectivity index (χ1) is 7.19. The van der Waals surface area contributed by atoms with Crippen LogP contribution in [0.15, 0.2) is 18.3 Å². The third-order valence-electron chi connectivity index (χ3n) is 3.05. The van der Waals surface area contributed by atoms with Gasteiger partial charge in [0.05, 0.1) is 0 Å². The summed E-state index contributed by atoms with van der Waals surface area (Å²) in [5, 5.41) is 3.63. The second-order valence-electron chi connectivity index (χ2n) is 4.43. The molecule has 0 aliphatic carbocycles. The average Bonchev–Trinajstić information content (AvgIpc) is 2.65. The van der Waals surface area contributed by atoms with Crippen molar-refractivity contribution in [2.45, 2.75) is 53.2 Å². The van der Waals surface area contributed by atoms with Crippen molar-refractivity contribution in [2.24, 2.45) is 5.92 Å². The van der Waals surface area contributed by atoms with Crippen molar-refractivity contribution in [1.82, 2.24) is 9.88 Å². The van der Waals surface area contributed by atoms with E-state index in [1.165, 1.54) is 12.1 Å². The fourth-order valence-electron chi connectivity index (χ4n) is 2.01. The van der Waals surface area contributed by atoms with Gasteiger partial charge in [-0.05, 0) is 31.4 Å². The molecule has 1 aromatic heterocycles. The molecule has 0 aliphatic rings. The van der Waals surface area contributed by atoms with E-state index in [1.54, 1.807) is 0 Å². The lowest BCUT2D eigenvalue weighted by Crippen LogP contribution is -2.33. The number of aromatic nitrogens is 1. The van der Waals surface area contributed by atoms with Gasteiger partial charge in [-0.2, -0.15) is 0 Å². The van der Waals surface area contributed by atoms with Gasteiger partial charge >= 0.3 is 0 Å². The van der Waals surface area contributed by atoms with E-state index in [9.17, 15) is 0 Å². The van der Waals surface area contributed by atoms with Gasteiger partial charge in [0.2, 0.25) is 0 Å². The van der Waals surface area contributed by atoms with E-state index in [1.807, 2.05) is 0 Å². The Morgan fingerprint density at radius 2 is 2.07 bits per heavy atom. The average molecular weight is 208 g/mol. The minimum absolute atomic E-state index is 0.630. The highest BCUT2D eigenvalue weighted by Gasteiger charge is 2.10. The second kappa shape index (κ2) is 5.96. The van der Waals surface area contributed by atoms with Crippen molar-refractivity contribution in [3.05, 3.63) is 24.0 Å². The zero-order chi connectivity index (χ0) is 11.3. The van der Waals surface area contributed by atoms with Gasteiger partial charge in [0.15, 0.2) is 0 Å². The van der Waals surface area contributed by atoms with E-state index >= 15 is 0 Å². The smallest absolute Gasteiger partial charge is 0.0361 e. The van der Waals surface area contributed by atoms with E-state index < -0.39 is 0 Å². The molecule has 2 nitrogen and oxygen atoms in total. The summed E-state index contributed by atoms with van der Waals surface area (Å²) in [4.78, 5) is 0. The molecule has 1 N–H and O–H groups in total. The van der Waals surface area contributed by atoms with Crippen LogP contribution in [0, 0.1) is 5.92 Å². The minimum atomic E-state index is 0.630. The van der Waals surface area contributed by atoms with Crippen molar-refractivity contribution in [3.8, 4) is 0 Å². The molecule has 0 saturated carbocycles. The molecule has 1 unspecified atom stereocenters. The molecule has 0 saturated heterocycles. The lowest BCUT2D eigenvalue weighted by molar-refractivity contribution is 0.383. The predicted octanol–water partition coefficient (Wildman–Crippen LogP) is 3.03. The Labute approximate surface area is 93.7 Å². The van der Waals surface area contributed by atoms with Crippen LogP contribution >= 0.6 is 0 Å². The standard InChI is InChI=1S/C13H24N2/c1-5-13(11(3)4)14-10-12-8-7-9-15(12)6-2/h7-9,11,13-14H,5-6,10H2,1-4H3. The van der Waals surface area contributed by atoms with Crippen LogP contribution in [0.2, 0.25) is 0 Å².